The second kappa shape index (κ2) is 8.44. The minimum absolute atomic E-state index is 0.0926. The number of anilines is 1. The van der Waals surface area contributed by atoms with Crippen LogP contribution in [0, 0.1) is 11.3 Å². The Morgan fingerprint density at radius 1 is 1.25 bits per heavy atom. The van der Waals surface area contributed by atoms with Crippen molar-refractivity contribution in [2.45, 2.75) is 19.9 Å². The average Bonchev–Trinajstić information content (AvgIpc) is 2.60. The van der Waals surface area contributed by atoms with Crippen LogP contribution in [-0.4, -0.2) is 28.2 Å². The summed E-state index contributed by atoms with van der Waals surface area (Å²) in [6.45, 7) is 2.23. The van der Waals surface area contributed by atoms with E-state index < -0.39 is 0 Å². The average molecular weight is 322 g/mol. The second-order valence-corrected chi connectivity index (χ2v) is 5.29. The van der Waals surface area contributed by atoms with Gasteiger partial charge in [-0.2, -0.15) is 5.26 Å². The monoisotopic (exact) mass is 322 g/mol. The maximum absolute atomic E-state index is 12.0. The molecule has 0 bridgehead atoms. The van der Waals surface area contributed by atoms with E-state index in [-0.39, 0.29) is 18.2 Å². The van der Waals surface area contributed by atoms with Gasteiger partial charge in [0.2, 0.25) is 11.8 Å². The van der Waals surface area contributed by atoms with Crippen molar-refractivity contribution < 1.29 is 9.59 Å². The molecule has 1 heterocycles. The minimum atomic E-state index is -0.183. The number of nitrogens with zero attached hydrogens (tertiary/aromatic N) is 3. The number of carbonyl (C=O) groups is 2. The highest BCUT2D eigenvalue weighted by Crippen LogP contribution is 2.10. The zero-order valence-electron chi connectivity index (χ0n) is 13.4. The highest BCUT2D eigenvalue weighted by Gasteiger charge is 2.12. The van der Waals surface area contributed by atoms with Crippen LogP contribution in [0.25, 0.3) is 0 Å². The van der Waals surface area contributed by atoms with Crippen LogP contribution in [0.2, 0.25) is 0 Å². The summed E-state index contributed by atoms with van der Waals surface area (Å²) in [5, 5.41) is 11.5. The lowest BCUT2D eigenvalue weighted by atomic mass is 10.2. The molecule has 0 unspecified atom stereocenters. The minimum Gasteiger partial charge on any atom is -0.338 e. The van der Waals surface area contributed by atoms with E-state index in [2.05, 4.69) is 10.3 Å². The molecule has 24 heavy (non-hydrogen) atoms. The molecule has 0 saturated heterocycles. The van der Waals surface area contributed by atoms with Gasteiger partial charge in [0.1, 0.15) is 0 Å². The first-order valence-corrected chi connectivity index (χ1v) is 7.53. The molecule has 6 nitrogen and oxygen atoms in total. The summed E-state index contributed by atoms with van der Waals surface area (Å²) in [6.07, 6.45) is 3.57. The summed E-state index contributed by atoms with van der Waals surface area (Å²) >= 11 is 0. The van der Waals surface area contributed by atoms with Gasteiger partial charge >= 0.3 is 0 Å². The Kier molecular flexibility index (Phi) is 6.03. The van der Waals surface area contributed by atoms with Gasteiger partial charge in [-0.05, 0) is 35.9 Å². The van der Waals surface area contributed by atoms with Crippen molar-refractivity contribution >= 4 is 17.5 Å². The molecule has 2 aromatic rings. The predicted molar refractivity (Wildman–Crippen MR) is 89.7 cm³/mol. The molecule has 0 aliphatic heterocycles. The molecule has 2 amide bonds. The molecule has 0 atom stereocenters. The number of aromatic nitrogens is 1. The summed E-state index contributed by atoms with van der Waals surface area (Å²) in [4.78, 5) is 29.4. The van der Waals surface area contributed by atoms with E-state index in [1.54, 1.807) is 41.6 Å². The Balaban J connectivity index is 1.87. The number of benzene rings is 1. The fourth-order valence-corrected chi connectivity index (χ4v) is 2.15. The fraction of sp³-hybridized carbons (Fsp3) is 0.222. The second-order valence-electron chi connectivity index (χ2n) is 5.29. The molecule has 122 valence electrons. The SMILES string of the molecule is CC(=O)N(CCC(=O)Nc1ccc(C#N)cc1)Cc1cccnc1. The number of nitriles is 1. The number of rotatable bonds is 6. The van der Waals surface area contributed by atoms with E-state index >= 15 is 0 Å². The molecular weight excluding hydrogens is 304 g/mol. The number of hydrogen-bond donors (Lipinski definition) is 1. The molecule has 1 aromatic carbocycles. The summed E-state index contributed by atoms with van der Waals surface area (Å²) in [5.41, 5.74) is 2.08. The third-order valence-corrected chi connectivity index (χ3v) is 3.45. The zero-order chi connectivity index (χ0) is 17.4. The van der Waals surface area contributed by atoms with E-state index in [4.69, 9.17) is 5.26 Å². The topological polar surface area (TPSA) is 86.1 Å². The lowest BCUT2D eigenvalue weighted by molar-refractivity contribution is -0.129. The Morgan fingerprint density at radius 2 is 2.00 bits per heavy atom. The van der Waals surface area contributed by atoms with E-state index in [1.165, 1.54) is 6.92 Å². The Morgan fingerprint density at radius 3 is 2.58 bits per heavy atom. The van der Waals surface area contributed by atoms with Crippen molar-refractivity contribution in [3.05, 3.63) is 59.9 Å². The molecule has 0 aliphatic rings. The maximum Gasteiger partial charge on any atom is 0.226 e. The Hall–Kier alpha value is -3.20. The van der Waals surface area contributed by atoms with Crippen molar-refractivity contribution in [1.82, 2.24) is 9.88 Å². The highest BCUT2D eigenvalue weighted by molar-refractivity contribution is 5.91. The van der Waals surface area contributed by atoms with Gasteiger partial charge in [0.25, 0.3) is 0 Å². The van der Waals surface area contributed by atoms with Gasteiger partial charge in [-0.25, -0.2) is 0 Å². The molecule has 0 radical (unpaired) electrons. The molecule has 0 fully saturated rings. The first-order valence-electron chi connectivity index (χ1n) is 7.53. The van der Waals surface area contributed by atoms with Crippen LogP contribution < -0.4 is 5.32 Å². The summed E-state index contributed by atoms with van der Waals surface area (Å²) in [5.74, 6) is -0.276. The van der Waals surface area contributed by atoms with Crippen molar-refractivity contribution in [2.24, 2.45) is 0 Å². The normalized spacial score (nSPS) is 9.83. The molecule has 0 saturated carbocycles. The van der Waals surface area contributed by atoms with Crippen molar-refractivity contribution in [1.29, 1.82) is 5.26 Å². The number of pyridine rings is 1. The van der Waals surface area contributed by atoms with E-state index in [0.717, 1.165) is 5.56 Å². The van der Waals surface area contributed by atoms with Gasteiger partial charge in [0, 0.05) is 44.5 Å². The summed E-state index contributed by atoms with van der Waals surface area (Å²) in [7, 11) is 0. The summed E-state index contributed by atoms with van der Waals surface area (Å²) < 4.78 is 0. The fourth-order valence-electron chi connectivity index (χ4n) is 2.15. The maximum atomic E-state index is 12.0. The number of carbonyl (C=O) groups excluding carboxylic acids is 2. The molecule has 0 aliphatic carbocycles. The van der Waals surface area contributed by atoms with Crippen LogP contribution in [0.3, 0.4) is 0 Å². The van der Waals surface area contributed by atoms with Crippen molar-refractivity contribution in [2.75, 3.05) is 11.9 Å². The third-order valence-electron chi connectivity index (χ3n) is 3.45. The van der Waals surface area contributed by atoms with Crippen LogP contribution in [-0.2, 0) is 16.1 Å². The standard InChI is InChI=1S/C18H18N4O2/c1-14(23)22(13-16-3-2-9-20-12-16)10-8-18(24)21-17-6-4-15(11-19)5-7-17/h2-7,9,12H,8,10,13H2,1H3,(H,21,24). The quantitative estimate of drug-likeness (QED) is 0.884. The van der Waals surface area contributed by atoms with E-state index in [0.29, 0.717) is 24.3 Å². The molecule has 2 rings (SSSR count). The Bertz CT molecular complexity index is 736. The first-order chi connectivity index (χ1) is 11.6. The largest absolute Gasteiger partial charge is 0.338 e. The number of amides is 2. The lowest BCUT2D eigenvalue weighted by Crippen LogP contribution is -2.31. The van der Waals surface area contributed by atoms with Crippen molar-refractivity contribution in [3.8, 4) is 6.07 Å². The molecular formula is C18H18N4O2. The smallest absolute Gasteiger partial charge is 0.226 e. The van der Waals surface area contributed by atoms with Crippen LogP contribution in [0.5, 0.6) is 0 Å². The lowest BCUT2D eigenvalue weighted by Gasteiger charge is -2.20. The first kappa shape index (κ1) is 17.2. The van der Waals surface area contributed by atoms with Crippen LogP contribution in [0.15, 0.2) is 48.8 Å². The van der Waals surface area contributed by atoms with Crippen LogP contribution in [0.4, 0.5) is 5.69 Å². The van der Waals surface area contributed by atoms with Crippen LogP contribution in [0.1, 0.15) is 24.5 Å². The van der Waals surface area contributed by atoms with Gasteiger partial charge in [0.05, 0.1) is 11.6 Å². The number of nitrogens with one attached hydrogen (secondary N) is 1. The van der Waals surface area contributed by atoms with Crippen molar-refractivity contribution in [3.63, 3.8) is 0 Å². The molecule has 1 N–H and O–H groups in total. The predicted octanol–water partition coefficient (Wildman–Crippen LogP) is 2.33. The van der Waals surface area contributed by atoms with E-state index in [9.17, 15) is 9.59 Å². The van der Waals surface area contributed by atoms with E-state index in [1.807, 2.05) is 18.2 Å². The van der Waals surface area contributed by atoms with Gasteiger partial charge in [0.15, 0.2) is 0 Å². The molecule has 6 heteroatoms. The van der Waals surface area contributed by atoms with Gasteiger partial charge in [-0.3, -0.25) is 14.6 Å². The third kappa shape index (κ3) is 5.21. The summed E-state index contributed by atoms with van der Waals surface area (Å²) in [6, 6.07) is 12.3. The highest BCUT2D eigenvalue weighted by atomic mass is 16.2. The zero-order valence-corrected chi connectivity index (χ0v) is 13.4. The molecule has 1 aromatic heterocycles. The Labute approximate surface area is 140 Å². The number of hydrogen-bond acceptors (Lipinski definition) is 4. The van der Waals surface area contributed by atoms with Gasteiger partial charge in [-0.15, -0.1) is 0 Å². The van der Waals surface area contributed by atoms with Crippen LogP contribution >= 0.6 is 0 Å². The van der Waals surface area contributed by atoms with Gasteiger partial charge in [-0.1, -0.05) is 6.07 Å². The molecule has 0 spiro atoms. The van der Waals surface area contributed by atoms with Gasteiger partial charge < -0.3 is 10.2 Å².